The first-order valence-electron chi connectivity index (χ1n) is 5.05. The summed E-state index contributed by atoms with van der Waals surface area (Å²) >= 11 is 16.3. The minimum atomic E-state index is 0.0376. The highest BCUT2D eigenvalue weighted by Gasteiger charge is 2.00. The number of carbonyl (C=O) groups is 1. The van der Waals surface area contributed by atoms with Crippen LogP contribution in [0.25, 0.3) is 11.0 Å². The predicted molar refractivity (Wildman–Crippen MR) is 74.1 cm³/mol. The second-order valence-electron chi connectivity index (χ2n) is 3.32. The third-order valence-corrected chi connectivity index (χ3v) is 2.69. The smallest absolute Gasteiger partial charge is 0.224 e. The molecule has 1 N–H and O–H groups in total. The van der Waals surface area contributed by atoms with E-state index in [0.717, 1.165) is 5.39 Å². The summed E-state index contributed by atoms with van der Waals surface area (Å²) < 4.78 is 0. The van der Waals surface area contributed by atoms with Gasteiger partial charge in [-0.25, -0.2) is 15.0 Å². The molecule has 20 heavy (non-hydrogen) atoms. The molecule has 0 unspecified atom stereocenters. The van der Waals surface area contributed by atoms with Crippen LogP contribution in [0.3, 0.4) is 0 Å². The summed E-state index contributed by atoms with van der Waals surface area (Å²) in [5.41, 5.74) is 0.908. The fourth-order valence-electron chi connectivity index (χ4n) is 1.15. The zero-order valence-corrected chi connectivity index (χ0v) is 11.9. The Hall–Kier alpha value is -1.83. The van der Waals surface area contributed by atoms with Gasteiger partial charge in [0.05, 0.1) is 17.1 Å². The Morgan fingerprint density at radius 1 is 1.00 bits per heavy atom. The van der Waals surface area contributed by atoms with Crippen LogP contribution in [0.5, 0.6) is 0 Å². The van der Waals surface area contributed by atoms with Gasteiger partial charge in [-0.05, 0) is 23.2 Å². The Bertz CT molecular complexity index is 747. The molecule has 7 nitrogen and oxygen atoms in total. The van der Waals surface area contributed by atoms with Crippen molar-refractivity contribution in [3.05, 3.63) is 39.9 Å². The van der Waals surface area contributed by atoms with Gasteiger partial charge in [-0.2, -0.15) is 10.1 Å². The molecule has 10 heteroatoms. The van der Waals surface area contributed by atoms with Gasteiger partial charge in [0.15, 0.2) is 11.9 Å². The summed E-state index contributed by atoms with van der Waals surface area (Å²) in [5.74, 6) is 0. The summed E-state index contributed by atoms with van der Waals surface area (Å²) in [6.07, 6.45) is 5.10. The first kappa shape index (κ1) is 14.6. The van der Waals surface area contributed by atoms with Crippen molar-refractivity contribution in [2.45, 2.75) is 0 Å². The molecule has 3 rings (SSSR count). The summed E-state index contributed by atoms with van der Waals surface area (Å²) in [6.45, 7) is 0. The molecule has 0 aromatic carbocycles. The highest BCUT2D eigenvalue weighted by Crippen LogP contribution is 2.11. The van der Waals surface area contributed by atoms with E-state index < -0.39 is 0 Å². The van der Waals surface area contributed by atoms with Crippen molar-refractivity contribution in [1.29, 1.82) is 0 Å². The fourth-order valence-corrected chi connectivity index (χ4v) is 1.63. The average molecular weight is 332 g/mol. The lowest BCUT2D eigenvalue weighted by Gasteiger charge is -1.91. The molecule has 3 heterocycles. The van der Waals surface area contributed by atoms with Crippen LogP contribution < -0.4 is 0 Å². The Kier molecular flexibility index (Phi) is 4.78. The van der Waals surface area contributed by atoms with Gasteiger partial charge in [-0.1, -0.05) is 11.6 Å². The first-order valence-corrected chi connectivity index (χ1v) is 6.18. The van der Waals surface area contributed by atoms with Gasteiger partial charge in [0.1, 0.15) is 5.15 Å². The largest absolute Gasteiger partial charge is 0.298 e. The lowest BCUT2D eigenvalue weighted by Crippen LogP contribution is -1.88. The van der Waals surface area contributed by atoms with E-state index in [1.54, 1.807) is 12.4 Å². The van der Waals surface area contributed by atoms with E-state index in [4.69, 9.17) is 34.8 Å². The molecular formula is C10H5Cl3N6O. The molecule has 0 bridgehead atoms. The van der Waals surface area contributed by atoms with Gasteiger partial charge < -0.3 is 0 Å². The molecule has 0 aliphatic heterocycles. The van der Waals surface area contributed by atoms with E-state index in [1.165, 1.54) is 6.20 Å². The first-order chi connectivity index (χ1) is 9.60. The molecule has 0 aliphatic carbocycles. The number of rotatable bonds is 1. The molecule has 0 atom stereocenters. The molecular weight excluding hydrogens is 327 g/mol. The van der Waals surface area contributed by atoms with Crippen molar-refractivity contribution in [2.75, 3.05) is 0 Å². The van der Waals surface area contributed by atoms with Gasteiger partial charge in [-0.3, -0.25) is 9.89 Å². The van der Waals surface area contributed by atoms with Crippen molar-refractivity contribution in [3.63, 3.8) is 0 Å². The number of H-pyrrole nitrogens is 1. The van der Waals surface area contributed by atoms with Crippen molar-refractivity contribution in [3.8, 4) is 0 Å². The maximum atomic E-state index is 10.1. The quantitative estimate of drug-likeness (QED) is 0.418. The standard InChI is InChI=1S/C5H2Cl2N2O.C5H3ClN4/c6-4-3(2-10)1-8-5(7)9-4;6-5-7-1-3-2-8-10-4(3)9-5/h1-2H;1-2H,(H,7,8,9,10). The van der Waals surface area contributed by atoms with E-state index in [0.29, 0.717) is 11.9 Å². The lowest BCUT2D eigenvalue weighted by molar-refractivity contribution is 0.112. The molecule has 0 spiro atoms. The maximum absolute atomic E-state index is 10.1. The molecule has 0 radical (unpaired) electrons. The molecule has 0 fully saturated rings. The van der Waals surface area contributed by atoms with Gasteiger partial charge in [0, 0.05) is 12.4 Å². The molecule has 0 amide bonds. The van der Waals surface area contributed by atoms with Crippen LogP contribution in [0.15, 0.2) is 18.6 Å². The summed E-state index contributed by atoms with van der Waals surface area (Å²) in [7, 11) is 0. The Labute approximate surface area is 127 Å². The lowest BCUT2D eigenvalue weighted by atomic mass is 10.4. The Morgan fingerprint density at radius 3 is 2.40 bits per heavy atom. The maximum Gasteiger partial charge on any atom is 0.224 e. The van der Waals surface area contributed by atoms with E-state index in [9.17, 15) is 4.79 Å². The number of halogens is 3. The zero-order chi connectivity index (χ0) is 14.5. The number of hydrogen-bond donors (Lipinski definition) is 1. The number of hydrogen-bond acceptors (Lipinski definition) is 6. The van der Waals surface area contributed by atoms with Crippen molar-refractivity contribution in [1.82, 2.24) is 30.1 Å². The van der Waals surface area contributed by atoms with Crippen molar-refractivity contribution in [2.24, 2.45) is 0 Å². The van der Waals surface area contributed by atoms with Crippen LogP contribution in [0, 0.1) is 0 Å². The van der Waals surface area contributed by atoms with Crippen LogP contribution >= 0.6 is 34.8 Å². The molecule has 3 aromatic heterocycles. The summed E-state index contributed by atoms with van der Waals surface area (Å²) in [4.78, 5) is 24.9. The topological polar surface area (TPSA) is 97.3 Å². The number of nitrogens with zero attached hydrogens (tertiary/aromatic N) is 5. The molecule has 102 valence electrons. The van der Waals surface area contributed by atoms with E-state index >= 15 is 0 Å². The minimum Gasteiger partial charge on any atom is -0.298 e. The number of aldehydes is 1. The van der Waals surface area contributed by atoms with Crippen molar-refractivity contribution >= 4 is 52.1 Å². The zero-order valence-electron chi connectivity index (χ0n) is 9.59. The van der Waals surface area contributed by atoms with Gasteiger partial charge >= 0.3 is 0 Å². The minimum absolute atomic E-state index is 0.0376. The number of carbonyl (C=O) groups excluding carboxylic acids is 1. The van der Waals surface area contributed by atoms with E-state index in [2.05, 4.69) is 30.1 Å². The van der Waals surface area contributed by atoms with Crippen LogP contribution in [0.4, 0.5) is 0 Å². The average Bonchev–Trinajstić information content (AvgIpc) is 2.87. The Morgan fingerprint density at radius 2 is 1.70 bits per heavy atom. The second kappa shape index (κ2) is 6.56. The SMILES string of the molecule is Clc1ncc2cn[nH]c2n1.O=Cc1cnc(Cl)nc1Cl. The van der Waals surface area contributed by atoms with Crippen molar-refractivity contribution < 1.29 is 4.79 Å². The molecule has 3 aromatic rings. The van der Waals surface area contributed by atoms with Gasteiger partial charge in [-0.15, -0.1) is 0 Å². The number of nitrogens with one attached hydrogen (secondary N) is 1. The van der Waals surface area contributed by atoms with Crippen LogP contribution in [-0.4, -0.2) is 36.4 Å². The van der Waals surface area contributed by atoms with Crippen LogP contribution in [-0.2, 0) is 0 Å². The van der Waals surface area contributed by atoms with E-state index in [-0.39, 0.29) is 21.3 Å². The monoisotopic (exact) mass is 330 g/mol. The summed E-state index contributed by atoms with van der Waals surface area (Å²) in [5, 5.41) is 7.65. The fraction of sp³-hybridized carbons (Fsp3) is 0. The van der Waals surface area contributed by atoms with Gasteiger partial charge in [0.2, 0.25) is 10.6 Å². The predicted octanol–water partition coefficient (Wildman–Crippen LogP) is 2.60. The molecule has 0 saturated heterocycles. The number of fused-ring (bicyclic) bond motifs is 1. The van der Waals surface area contributed by atoms with Crippen LogP contribution in [0.2, 0.25) is 15.7 Å². The molecule has 0 saturated carbocycles. The highest BCUT2D eigenvalue weighted by atomic mass is 35.5. The highest BCUT2D eigenvalue weighted by molar-refractivity contribution is 6.33. The van der Waals surface area contributed by atoms with E-state index in [1.807, 2.05) is 0 Å². The third-order valence-electron chi connectivity index (χ3n) is 2.03. The van der Waals surface area contributed by atoms with Crippen LogP contribution in [0.1, 0.15) is 10.4 Å². The van der Waals surface area contributed by atoms with Gasteiger partial charge in [0.25, 0.3) is 0 Å². The third kappa shape index (κ3) is 3.60. The number of aromatic amines is 1. The Balaban J connectivity index is 0.000000147. The normalized spacial score (nSPS) is 9.95. The summed E-state index contributed by atoms with van der Waals surface area (Å²) in [6, 6.07) is 0. The number of aromatic nitrogens is 6. The molecule has 0 aliphatic rings. The second-order valence-corrected chi connectivity index (χ2v) is 4.35.